The number of aromatic nitrogens is 1. The molecule has 0 aliphatic carbocycles. The van der Waals surface area contributed by atoms with Crippen molar-refractivity contribution in [3.05, 3.63) is 223 Å². The molecule has 58 heavy (non-hydrogen) atoms. The molecule has 0 radical (unpaired) electrons. The Morgan fingerprint density at radius 1 is 0.466 bits per heavy atom. The molecule has 10 aromatic rings. The molecule has 10 rings (SSSR count). The minimum Gasteiger partial charge on any atom is -0.355 e. The van der Waals surface area contributed by atoms with Crippen LogP contribution in [0.2, 0.25) is 0 Å². The Hall–Kier alpha value is -7.69. The number of hydrogen-bond acceptors (Lipinski definition) is 2. The molecule has 0 saturated heterocycles. The monoisotopic (exact) mass is 744 g/mol. The molecule has 4 heteroatoms. The number of nitrogens with zero attached hydrogens (tertiary/aromatic N) is 2. The Labute approximate surface area is 338 Å². The topological polar surface area (TPSA) is 41.4 Å². The minimum atomic E-state index is 0.788. The van der Waals surface area contributed by atoms with Crippen LogP contribution in [0.1, 0.15) is 11.1 Å². The van der Waals surface area contributed by atoms with Crippen molar-refractivity contribution < 1.29 is 0 Å². The number of benzene rings is 9. The molecule has 9 aromatic carbocycles. The summed E-state index contributed by atoms with van der Waals surface area (Å²) in [6.45, 7) is 2.13. The van der Waals surface area contributed by atoms with Gasteiger partial charge in [-0.3, -0.25) is 0 Å². The Morgan fingerprint density at radius 3 is 2.00 bits per heavy atom. The predicted octanol–water partition coefficient (Wildman–Crippen LogP) is 14.5. The zero-order chi connectivity index (χ0) is 38.8. The fourth-order valence-corrected chi connectivity index (χ4v) is 8.06. The van der Waals surface area contributed by atoms with Crippen LogP contribution < -0.4 is 10.6 Å². The third kappa shape index (κ3) is 6.67. The lowest BCUT2D eigenvalue weighted by atomic mass is 9.97. The van der Waals surface area contributed by atoms with Crippen LogP contribution in [0.4, 0.5) is 22.7 Å². The van der Waals surface area contributed by atoms with Crippen LogP contribution in [0, 0.1) is 6.92 Å². The highest BCUT2D eigenvalue weighted by Gasteiger charge is 2.16. The van der Waals surface area contributed by atoms with E-state index in [0.29, 0.717) is 0 Å². The molecule has 0 atom stereocenters. The molecule has 0 amide bonds. The predicted molar refractivity (Wildman–Crippen MR) is 246 cm³/mol. The SMILES string of the molecule is Cc1ccc2ccccc2c1N=C(Nc1ccccc1)c1cccc(-n2c3ccccc3c3cc(-c4cccc(-c5ccccc5Nc5ccccc5)c4)ccc32)c1. The molecule has 0 spiro atoms. The molecule has 4 nitrogen and oxygen atoms in total. The summed E-state index contributed by atoms with van der Waals surface area (Å²) in [5.41, 5.74) is 14.2. The smallest absolute Gasteiger partial charge is 0.138 e. The van der Waals surface area contributed by atoms with Gasteiger partial charge in [-0.2, -0.15) is 0 Å². The lowest BCUT2D eigenvalue weighted by molar-refractivity contribution is 1.18. The molecule has 2 N–H and O–H groups in total. The molecule has 276 valence electrons. The fourth-order valence-electron chi connectivity index (χ4n) is 8.06. The lowest BCUT2D eigenvalue weighted by Gasteiger charge is -2.15. The molecule has 0 aliphatic heterocycles. The van der Waals surface area contributed by atoms with Crippen molar-refractivity contribution in [2.24, 2.45) is 4.99 Å². The third-order valence-corrected chi connectivity index (χ3v) is 10.9. The summed E-state index contributed by atoms with van der Waals surface area (Å²) in [4.78, 5) is 5.39. The molecule has 0 unspecified atom stereocenters. The Morgan fingerprint density at radius 2 is 1.14 bits per heavy atom. The van der Waals surface area contributed by atoms with Crippen LogP contribution in [-0.2, 0) is 0 Å². The van der Waals surface area contributed by atoms with Gasteiger partial charge in [-0.25, -0.2) is 4.99 Å². The van der Waals surface area contributed by atoms with Crippen molar-refractivity contribution in [1.29, 1.82) is 0 Å². The highest BCUT2D eigenvalue weighted by molar-refractivity contribution is 6.13. The summed E-state index contributed by atoms with van der Waals surface area (Å²) in [6, 6.07) is 75.1. The molecular formula is C54H40N4. The highest BCUT2D eigenvalue weighted by atomic mass is 15.0. The summed E-state index contributed by atoms with van der Waals surface area (Å²) in [6.07, 6.45) is 0. The summed E-state index contributed by atoms with van der Waals surface area (Å²) in [5.74, 6) is 0.788. The zero-order valence-corrected chi connectivity index (χ0v) is 32.1. The van der Waals surface area contributed by atoms with Crippen molar-refractivity contribution in [3.8, 4) is 27.9 Å². The van der Waals surface area contributed by atoms with Crippen LogP contribution in [0.25, 0.3) is 60.5 Å². The van der Waals surface area contributed by atoms with E-state index in [9.17, 15) is 0 Å². The van der Waals surface area contributed by atoms with Crippen LogP contribution >= 0.6 is 0 Å². The van der Waals surface area contributed by atoms with Crippen LogP contribution in [0.3, 0.4) is 0 Å². The van der Waals surface area contributed by atoms with Crippen molar-refractivity contribution in [3.63, 3.8) is 0 Å². The standard InChI is InChI=1S/C54H40N4/c1-37-30-31-38-16-8-9-26-47(38)53(37)57-54(56-44-22-6-3-7-23-44)42-19-15-24-45(35-42)58-51-29-13-11-27-48(51)49-36-40(32-33-52(49)58)39-17-14-18-41(34-39)46-25-10-12-28-50(46)55-43-20-4-2-5-21-43/h2-36,55H,1H3,(H,56,57). The Bertz CT molecular complexity index is 3120. The van der Waals surface area contributed by atoms with Gasteiger partial charge in [0.2, 0.25) is 0 Å². The van der Waals surface area contributed by atoms with E-state index in [1.54, 1.807) is 0 Å². The number of para-hydroxylation sites is 4. The van der Waals surface area contributed by atoms with Gasteiger partial charge in [-0.05, 0) is 101 Å². The van der Waals surface area contributed by atoms with Gasteiger partial charge in [-0.1, -0.05) is 146 Å². The number of amidine groups is 1. The number of rotatable bonds is 8. The van der Waals surface area contributed by atoms with Gasteiger partial charge in [-0.15, -0.1) is 0 Å². The first-order valence-corrected chi connectivity index (χ1v) is 19.7. The van der Waals surface area contributed by atoms with Crippen LogP contribution in [-0.4, -0.2) is 10.4 Å². The molecule has 1 aromatic heterocycles. The maximum Gasteiger partial charge on any atom is 0.138 e. The number of aliphatic imine (C=N–C) groups is 1. The average molecular weight is 745 g/mol. The molecule has 0 saturated carbocycles. The largest absolute Gasteiger partial charge is 0.355 e. The summed E-state index contributed by atoms with van der Waals surface area (Å²) in [7, 11) is 0. The van der Waals surface area contributed by atoms with E-state index in [2.05, 4.69) is 210 Å². The van der Waals surface area contributed by atoms with E-state index >= 15 is 0 Å². The minimum absolute atomic E-state index is 0.788. The number of anilines is 3. The Balaban J connectivity index is 1.07. The first-order valence-electron chi connectivity index (χ1n) is 19.7. The third-order valence-electron chi connectivity index (χ3n) is 10.9. The second-order valence-electron chi connectivity index (χ2n) is 14.7. The van der Waals surface area contributed by atoms with E-state index in [1.165, 1.54) is 27.3 Å². The summed E-state index contributed by atoms with van der Waals surface area (Å²) < 4.78 is 2.38. The van der Waals surface area contributed by atoms with E-state index in [4.69, 9.17) is 4.99 Å². The fraction of sp³-hybridized carbons (Fsp3) is 0.0185. The van der Waals surface area contributed by atoms with E-state index in [1.807, 2.05) is 24.3 Å². The summed E-state index contributed by atoms with van der Waals surface area (Å²) in [5, 5.41) is 12.0. The maximum atomic E-state index is 5.39. The van der Waals surface area contributed by atoms with Crippen LogP contribution in [0.15, 0.2) is 217 Å². The highest BCUT2D eigenvalue weighted by Crippen LogP contribution is 2.38. The molecule has 0 fully saturated rings. The molecule has 1 heterocycles. The number of aryl methyl sites for hydroxylation is 1. The van der Waals surface area contributed by atoms with Crippen molar-refractivity contribution in [2.75, 3.05) is 10.6 Å². The maximum absolute atomic E-state index is 5.39. The quantitative estimate of drug-likeness (QED) is 0.120. The zero-order valence-electron chi connectivity index (χ0n) is 32.1. The van der Waals surface area contributed by atoms with Gasteiger partial charge in [0.25, 0.3) is 0 Å². The number of fused-ring (bicyclic) bond motifs is 4. The Kier molecular flexibility index (Phi) is 9.05. The van der Waals surface area contributed by atoms with E-state index in [0.717, 1.165) is 72.9 Å². The average Bonchev–Trinajstić information content (AvgIpc) is 3.62. The van der Waals surface area contributed by atoms with Gasteiger partial charge in [0.15, 0.2) is 0 Å². The summed E-state index contributed by atoms with van der Waals surface area (Å²) >= 11 is 0. The van der Waals surface area contributed by atoms with Crippen LogP contribution in [0.5, 0.6) is 0 Å². The normalized spacial score (nSPS) is 11.6. The van der Waals surface area contributed by atoms with Gasteiger partial charge in [0, 0.05) is 50.0 Å². The first kappa shape index (κ1) is 34.8. The lowest BCUT2D eigenvalue weighted by Crippen LogP contribution is -2.14. The van der Waals surface area contributed by atoms with Crippen molar-refractivity contribution in [1.82, 2.24) is 4.57 Å². The van der Waals surface area contributed by atoms with Gasteiger partial charge >= 0.3 is 0 Å². The van der Waals surface area contributed by atoms with Gasteiger partial charge in [0.1, 0.15) is 5.84 Å². The van der Waals surface area contributed by atoms with Gasteiger partial charge < -0.3 is 15.2 Å². The van der Waals surface area contributed by atoms with E-state index in [-0.39, 0.29) is 0 Å². The second kappa shape index (κ2) is 15.1. The van der Waals surface area contributed by atoms with E-state index < -0.39 is 0 Å². The first-order chi connectivity index (χ1) is 28.7. The molecule has 0 aliphatic rings. The van der Waals surface area contributed by atoms with Crippen molar-refractivity contribution >= 4 is 61.2 Å². The van der Waals surface area contributed by atoms with Gasteiger partial charge in [0.05, 0.1) is 16.7 Å². The second-order valence-corrected chi connectivity index (χ2v) is 14.7. The molecular weight excluding hydrogens is 705 g/mol. The van der Waals surface area contributed by atoms with Crippen molar-refractivity contribution in [2.45, 2.75) is 6.92 Å². The molecule has 0 bridgehead atoms. The number of hydrogen-bond donors (Lipinski definition) is 2. The number of nitrogens with one attached hydrogen (secondary N) is 2.